The van der Waals surface area contributed by atoms with E-state index in [-0.39, 0.29) is 34.5 Å². The maximum Gasteiger partial charge on any atom is 0.119 e. The predicted octanol–water partition coefficient (Wildman–Crippen LogP) is 8.66. The Labute approximate surface area is 329 Å². The molecule has 274 valence electrons. The van der Waals surface area contributed by atoms with Gasteiger partial charge in [0.05, 0.1) is 56.5 Å². The van der Waals surface area contributed by atoms with Gasteiger partial charge in [0.25, 0.3) is 0 Å². The minimum absolute atomic E-state index is 0.153. The number of phenols is 6. The molecule has 0 spiro atoms. The number of isothiocyanates is 1. The van der Waals surface area contributed by atoms with Crippen LogP contribution in [0.1, 0.15) is 22.3 Å². The lowest BCUT2D eigenvalue weighted by Gasteiger charge is -2.14. The second-order valence-corrected chi connectivity index (χ2v) is 13.5. The summed E-state index contributed by atoms with van der Waals surface area (Å²) in [6, 6.07) is 20.1. The van der Waals surface area contributed by atoms with Crippen molar-refractivity contribution in [1.29, 1.82) is 0 Å². The first-order valence-electron chi connectivity index (χ1n) is 17.4. The van der Waals surface area contributed by atoms with E-state index in [0.29, 0.717) is 90.3 Å². The molecule has 57 heavy (non-hydrogen) atoms. The van der Waals surface area contributed by atoms with Crippen molar-refractivity contribution >= 4 is 68.2 Å². The van der Waals surface area contributed by atoms with E-state index in [2.05, 4.69) is 10.2 Å². The number of allylic oxidation sites excluding steroid dienone is 12. The molecule has 0 atom stereocenters. The Bertz CT molecular complexity index is 2900. The van der Waals surface area contributed by atoms with Crippen LogP contribution in [0.2, 0.25) is 0 Å². The summed E-state index contributed by atoms with van der Waals surface area (Å²) in [5.74, 6) is -1.03. The standard InChI is InChI=1S/C45H27N5O6S/c51-30-11-24(12-31(52)19-30)42-37-5-4-28(47-37)17-29-18-36(23-2-1-3-27(10-23)46-22-57)45(48-29)44(26-15-34(55)21-35(56)16-26)41-9-8-40(50-41)43(39-7-6-38(42)49-39)25-13-32(53)20-33(54)14-25/h1-21,51-56H. The van der Waals surface area contributed by atoms with Crippen molar-refractivity contribution in [3.05, 3.63) is 173 Å². The second kappa shape index (κ2) is 13.7. The Morgan fingerprint density at radius 1 is 0.474 bits per heavy atom. The summed E-state index contributed by atoms with van der Waals surface area (Å²) >= 11 is 4.89. The van der Waals surface area contributed by atoms with Gasteiger partial charge in [-0.3, -0.25) is 0 Å². The first-order chi connectivity index (χ1) is 27.6. The van der Waals surface area contributed by atoms with Gasteiger partial charge in [0, 0.05) is 40.5 Å². The van der Waals surface area contributed by atoms with Crippen molar-refractivity contribution in [3.63, 3.8) is 0 Å². The summed E-state index contributed by atoms with van der Waals surface area (Å²) in [5, 5.41) is 66.2. The van der Waals surface area contributed by atoms with Crippen LogP contribution >= 0.6 is 12.2 Å². The first kappa shape index (κ1) is 34.8. The Balaban J connectivity index is 1.39. The van der Waals surface area contributed by atoms with Gasteiger partial charge in [-0.05, 0) is 132 Å². The van der Waals surface area contributed by atoms with Crippen LogP contribution in [0.3, 0.4) is 0 Å². The number of hydrogen-bond donors (Lipinski definition) is 6. The fourth-order valence-electron chi connectivity index (χ4n) is 7.23. The van der Waals surface area contributed by atoms with E-state index in [9.17, 15) is 30.6 Å². The molecule has 9 rings (SSSR count). The van der Waals surface area contributed by atoms with E-state index in [0.717, 1.165) is 5.56 Å². The number of thiocarbonyl (C=S) groups is 1. The van der Waals surface area contributed by atoms with Crippen LogP contribution in [0.15, 0.2) is 175 Å². The molecule has 4 aromatic rings. The van der Waals surface area contributed by atoms with Crippen molar-refractivity contribution < 1.29 is 30.6 Å². The number of nitrogens with zero attached hydrogens (tertiary/aromatic N) is 5. The van der Waals surface area contributed by atoms with E-state index in [1.54, 1.807) is 30.4 Å². The molecule has 0 radical (unpaired) electrons. The third-order valence-electron chi connectivity index (χ3n) is 9.45. The number of aliphatic imine (C=N–C) groups is 5. The summed E-state index contributed by atoms with van der Waals surface area (Å²) < 4.78 is 0. The minimum atomic E-state index is -0.184. The SMILES string of the molecule is Oc1cc(O)cc(C2=C3C=CC(=N3)C(c3cc(O)cc(O)c3)=C3C=CC(=N3)C(c3cc(O)cc(O)c3)=C3N=C(C=C4C=CC2=N4)C=C3c2cccc(N=C=S)c2)c1. The number of phenolic OH excluding ortho intramolecular Hbond substituents is 6. The van der Waals surface area contributed by atoms with Gasteiger partial charge >= 0.3 is 0 Å². The van der Waals surface area contributed by atoms with Crippen LogP contribution in [0.4, 0.5) is 5.69 Å². The second-order valence-electron chi connectivity index (χ2n) is 13.4. The normalized spacial score (nSPS) is 16.7. The van der Waals surface area contributed by atoms with Crippen LogP contribution < -0.4 is 0 Å². The summed E-state index contributed by atoms with van der Waals surface area (Å²) in [6.07, 6.45) is 14.4. The maximum absolute atomic E-state index is 10.7. The maximum atomic E-state index is 10.7. The van der Waals surface area contributed by atoms with Crippen LogP contribution in [-0.4, -0.2) is 58.6 Å². The van der Waals surface area contributed by atoms with Crippen molar-refractivity contribution in [1.82, 2.24) is 0 Å². The molecule has 8 bridgehead atoms. The lowest BCUT2D eigenvalue weighted by molar-refractivity contribution is 0.449. The molecule has 0 amide bonds. The highest BCUT2D eigenvalue weighted by molar-refractivity contribution is 7.78. The zero-order chi connectivity index (χ0) is 39.4. The molecule has 12 heteroatoms. The molecular weight excluding hydrogens is 739 g/mol. The molecule has 0 fully saturated rings. The van der Waals surface area contributed by atoms with E-state index in [4.69, 9.17) is 32.2 Å². The first-order valence-corrected chi connectivity index (χ1v) is 17.8. The fourth-order valence-corrected chi connectivity index (χ4v) is 7.33. The highest BCUT2D eigenvalue weighted by atomic mass is 32.1. The summed E-state index contributed by atoms with van der Waals surface area (Å²) in [4.78, 5) is 24.4. The van der Waals surface area contributed by atoms with Gasteiger partial charge in [-0.15, -0.1) is 0 Å². The van der Waals surface area contributed by atoms with E-state index < -0.39 is 0 Å². The zero-order valence-electron chi connectivity index (χ0n) is 29.5. The number of hydrogen-bond acceptors (Lipinski definition) is 12. The molecule has 0 saturated heterocycles. The molecule has 4 aromatic carbocycles. The molecule has 0 saturated carbocycles. The van der Waals surface area contributed by atoms with E-state index >= 15 is 0 Å². The largest absolute Gasteiger partial charge is 0.508 e. The van der Waals surface area contributed by atoms with Gasteiger partial charge in [0.1, 0.15) is 34.5 Å². The van der Waals surface area contributed by atoms with Gasteiger partial charge in [-0.1, -0.05) is 12.1 Å². The average molecular weight is 766 g/mol. The Morgan fingerprint density at radius 3 is 1.51 bits per heavy atom. The van der Waals surface area contributed by atoms with Crippen molar-refractivity contribution in [3.8, 4) is 34.5 Å². The van der Waals surface area contributed by atoms with E-state index in [1.807, 2.05) is 42.5 Å². The lowest BCUT2D eigenvalue weighted by Crippen LogP contribution is -2.03. The van der Waals surface area contributed by atoms with Crippen molar-refractivity contribution in [2.24, 2.45) is 25.0 Å². The molecule has 0 aromatic heterocycles. The third-order valence-corrected chi connectivity index (χ3v) is 9.54. The molecular formula is C45H27N5O6S. The molecule has 0 aliphatic carbocycles. The highest BCUT2D eigenvalue weighted by Crippen LogP contribution is 2.42. The monoisotopic (exact) mass is 765 g/mol. The quantitative estimate of drug-likeness (QED) is 0.0868. The van der Waals surface area contributed by atoms with Gasteiger partial charge in [0.15, 0.2) is 0 Å². The molecule has 11 nitrogen and oxygen atoms in total. The topological polar surface area (TPSA) is 183 Å². The Morgan fingerprint density at radius 2 is 0.965 bits per heavy atom. The number of aromatic hydroxyl groups is 6. The number of fused-ring (bicyclic) bond motifs is 4. The lowest BCUT2D eigenvalue weighted by atomic mass is 9.92. The third kappa shape index (κ3) is 6.63. The number of benzene rings is 4. The molecule has 0 unspecified atom stereocenters. The van der Waals surface area contributed by atoms with Gasteiger partial charge in [-0.2, -0.15) is 4.99 Å². The van der Waals surface area contributed by atoms with E-state index in [1.165, 1.54) is 54.6 Å². The summed E-state index contributed by atoms with van der Waals surface area (Å²) in [6.45, 7) is 0. The fraction of sp³-hybridized carbons (Fsp3) is 0. The van der Waals surface area contributed by atoms with Crippen LogP contribution in [0, 0.1) is 0 Å². The Kier molecular flexibility index (Phi) is 8.39. The molecule has 5 aliphatic heterocycles. The number of rotatable bonds is 5. The van der Waals surface area contributed by atoms with Gasteiger partial charge < -0.3 is 30.6 Å². The molecule has 5 heterocycles. The molecule has 6 N–H and O–H groups in total. The van der Waals surface area contributed by atoms with Crippen molar-refractivity contribution in [2.75, 3.05) is 0 Å². The predicted molar refractivity (Wildman–Crippen MR) is 224 cm³/mol. The Hall–Kier alpha value is -7.92. The smallest absolute Gasteiger partial charge is 0.119 e. The van der Waals surface area contributed by atoms with Crippen LogP contribution in [0.5, 0.6) is 34.5 Å². The average Bonchev–Trinajstić information content (AvgIpc) is 3.98. The highest BCUT2D eigenvalue weighted by Gasteiger charge is 2.29. The zero-order valence-corrected chi connectivity index (χ0v) is 30.3. The van der Waals surface area contributed by atoms with Crippen molar-refractivity contribution in [2.45, 2.75) is 0 Å². The molecule has 5 aliphatic rings. The minimum Gasteiger partial charge on any atom is -0.508 e. The van der Waals surface area contributed by atoms with Gasteiger partial charge in [0.2, 0.25) is 0 Å². The van der Waals surface area contributed by atoms with Crippen LogP contribution in [-0.2, 0) is 0 Å². The summed E-state index contributed by atoms with van der Waals surface area (Å²) in [5.41, 5.74) is 8.46. The van der Waals surface area contributed by atoms with Gasteiger partial charge in [-0.25, -0.2) is 20.0 Å². The van der Waals surface area contributed by atoms with Crippen LogP contribution in [0.25, 0.3) is 22.3 Å². The summed E-state index contributed by atoms with van der Waals surface area (Å²) in [7, 11) is 0.